The van der Waals surface area contributed by atoms with Crippen molar-refractivity contribution in [1.29, 1.82) is 0 Å². The van der Waals surface area contributed by atoms with Gasteiger partial charge in [0.25, 0.3) is 0 Å². The number of amides is 1. The Bertz CT molecular complexity index is 742. The van der Waals surface area contributed by atoms with Crippen LogP contribution in [0.2, 0.25) is 0 Å². The van der Waals surface area contributed by atoms with Gasteiger partial charge < -0.3 is 19.5 Å². The zero-order valence-corrected chi connectivity index (χ0v) is 15.8. The first-order valence-corrected chi connectivity index (χ1v) is 9.61. The molecule has 0 saturated carbocycles. The smallest absolute Gasteiger partial charge is 0.220 e. The van der Waals surface area contributed by atoms with Crippen LogP contribution in [0, 0.1) is 0 Å². The predicted octanol–water partition coefficient (Wildman–Crippen LogP) is 3.54. The summed E-state index contributed by atoms with van der Waals surface area (Å²) >= 11 is 0. The van der Waals surface area contributed by atoms with Crippen LogP contribution in [0.15, 0.2) is 42.5 Å². The number of nitrogens with one attached hydrogen (secondary N) is 1. The lowest BCUT2D eigenvalue weighted by atomic mass is 10.1. The van der Waals surface area contributed by atoms with E-state index in [4.69, 9.17) is 14.2 Å². The number of hydrogen-bond donors (Lipinski definition) is 1. The van der Waals surface area contributed by atoms with Crippen molar-refractivity contribution < 1.29 is 19.0 Å². The van der Waals surface area contributed by atoms with Crippen molar-refractivity contribution in [3.63, 3.8) is 0 Å². The molecule has 5 heteroatoms. The number of ether oxygens (including phenoxy) is 3. The van der Waals surface area contributed by atoms with Crippen LogP contribution in [-0.4, -0.2) is 32.3 Å². The quantitative estimate of drug-likeness (QED) is 0.687. The molecule has 1 heterocycles. The summed E-state index contributed by atoms with van der Waals surface area (Å²) in [6, 6.07) is 14.0. The van der Waals surface area contributed by atoms with Gasteiger partial charge in [-0.15, -0.1) is 0 Å². The second kappa shape index (κ2) is 9.86. The van der Waals surface area contributed by atoms with E-state index in [1.165, 1.54) is 5.56 Å². The average molecular weight is 369 g/mol. The van der Waals surface area contributed by atoms with Gasteiger partial charge in [-0.25, -0.2) is 0 Å². The minimum atomic E-state index is 0.0532. The molecule has 0 unspecified atom stereocenters. The van der Waals surface area contributed by atoms with Crippen molar-refractivity contribution >= 4 is 5.91 Å². The number of rotatable bonds is 9. The van der Waals surface area contributed by atoms with Crippen molar-refractivity contribution in [3.05, 3.63) is 53.6 Å². The molecule has 144 valence electrons. The Balaban J connectivity index is 1.30. The fraction of sp³-hybridized carbons (Fsp3) is 0.409. The molecule has 2 aromatic carbocycles. The van der Waals surface area contributed by atoms with Gasteiger partial charge in [0, 0.05) is 6.42 Å². The summed E-state index contributed by atoms with van der Waals surface area (Å²) < 4.78 is 16.7. The maximum Gasteiger partial charge on any atom is 0.220 e. The lowest BCUT2D eigenvalue weighted by molar-refractivity contribution is -0.121. The Morgan fingerprint density at radius 2 is 1.78 bits per heavy atom. The summed E-state index contributed by atoms with van der Waals surface area (Å²) in [5.41, 5.74) is 2.44. The van der Waals surface area contributed by atoms with Gasteiger partial charge in [-0.1, -0.05) is 25.1 Å². The Morgan fingerprint density at radius 1 is 1.04 bits per heavy atom. The summed E-state index contributed by atoms with van der Waals surface area (Å²) in [7, 11) is 0. The number of benzene rings is 2. The molecule has 0 saturated heterocycles. The third-order valence-electron chi connectivity index (χ3n) is 4.50. The monoisotopic (exact) mass is 369 g/mol. The van der Waals surface area contributed by atoms with Crippen molar-refractivity contribution in [2.45, 2.75) is 32.6 Å². The average Bonchev–Trinajstić information content (AvgIpc) is 2.71. The molecule has 0 aliphatic carbocycles. The zero-order chi connectivity index (χ0) is 18.9. The molecule has 0 radical (unpaired) electrons. The summed E-state index contributed by atoms with van der Waals surface area (Å²) in [6.07, 6.45) is 3.15. The lowest BCUT2D eigenvalue weighted by Crippen LogP contribution is -2.27. The Kier molecular flexibility index (Phi) is 6.97. The van der Waals surface area contributed by atoms with Crippen LogP contribution in [0.1, 0.15) is 30.9 Å². The van der Waals surface area contributed by atoms with E-state index in [0.29, 0.717) is 32.8 Å². The number of carbonyl (C=O) groups is 1. The van der Waals surface area contributed by atoms with Crippen molar-refractivity contribution in [2.75, 3.05) is 26.4 Å². The summed E-state index contributed by atoms with van der Waals surface area (Å²) in [6.45, 7) is 4.29. The highest BCUT2D eigenvalue weighted by molar-refractivity contribution is 5.75. The Morgan fingerprint density at radius 3 is 2.56 bits per heavy atom. The minimum Gasteiger partial charge on any atom is -0.492 e. The van der Waals surface area contributed by atoms with Crippen LogP contribution in [0.4, 0.5) is 0 Å². The summed E-state index contributed by atoms with van der Waals surface area (Å²) in [5.74, 6) is 2.48. The van der Waals surface area contributed by atoms with E-state index in [9.17, 15) is 4.79 Å². The van der Waals surface area contributed by atoms with Gasteiger partial charge in [0.05, 0.1) is 6.54 Å². The van der Waals surface area contributed by atoms with E-state index in [-0.39, 0.29) is 5.91 Å². The molecule has 27 heavy (non-hydrogen) atoms. The third-order valence-corrected chi connectivity index (χ3v) is 4.50. The largest absolute Gasteiger partial charge is 0.492 e. The van der Waals surface area contributed by atoms with Crippen LogP contribution >= 0.6 is 0 Å². The second-order valence-corrected chi connectivity index (χ2v) is 6.53. The molecule has 1 amide bonds. The molecule has 0 atom stereocenters. The van der Waals surface area contributed by atoms with Gasteiger partial charge in [-0.05, 0) is 54.7 Å². The topological polar surface area (TPSA) is 56.8 Å². The van der Waals surface area contributed by atoms with Crippen LogP contribution in [0.5, 0.6) is 17.2 Å². The number of hydrogen-bond acceptors (Lipinski definition) is 4. The van der Waals surface area contributed by atoms with E-state index < -0.39 is 0 Å². The van der Waals surface area contributed by atoms with Crippen LogP contribution < -0.4 is 19.5 Å². The number of carbonyl (C=O) groups excluding carboxylic acids is 1. The van der Waals surface area contributed by atoms with Crippen molar-refractivity contribution in [3.8, 4) is 17.2 Å². The fourth-order valence-corrected chi connectivity index (χ4v) is 2.97. The van der Waals surface area contributed by atoms with E-state index in [0.717, 1.165) is 42.1 Å². The number of aryl methyl sites for hydroxylation is 2. The maximum absolute atomic E-state index is 11.9. The van der Waals surface area contributed by atoms with E-state index in [2.05, 4.69) is 24.4 Å². The third kappa shape index (κ3) is 5.91. The van der Waals surface area contributed by atoms with Crippen molar-refractivity contribution in [2.24, 2.45) is 0 Å². The highest BCUT2D eigenvalue weighted by Crippen LogP contribution is 2.31. The molecular formula is C22H27NO4. The first-order valence-electron chi connectivity index (χ1n) is 9.61. The standard InChI is InChI=1S/C22H27NO4/c1-2-17-6-9-19(10-7-17)25-13-12-23-22(24)5-3-4-18-8-11-20-21(16-18)27-15-14-26-20/h6-11,16H,2-5,12-15H2,1H3,(H,23,24). The SMILES string of the molecule is CCc1ccc(OCCNC(=O)CCCc2ccc3c(c2)OCCO3)cc1. The first kappa shape index (κ1) is 19.1. The molecule has 1 aliphatic rings. The van der Waals surface area contributed by atoms with Crippen LogP contribution in [-0.2, 0) is 17.6 Å². The van der Waals surface area contributed by atoms with Crippen LogP contribution in [0.25, 0.3) is 0 Å². The van der Waals surface area contributed by atoms with E-state index in [1.807, 2.05) is 30.3 Å². The van der Waals surface area contributed by atoms with Gasteiger partial charge in [-0.3, -0.25) is 4.79 Å². The van der Waals surface area contributed by atoms with E-state index in [1.54, 1.807) is 0 Å². The second-order valence-electron chi connectivity index (χ2n) is 6.53. The Labute approximate surface area is 160 Å². The summed E-state index contributed by atoms with van der Waals surface area (Å²) in [4.78, 5) is 11.9. The minimum absolute atomic E-state index is 0.0532. The highest BCUT2D eigenvalue weighted by Gasteiger charge is 2.11. The van der Waals surface area contributed by atoms with E-state index >= 15 is 0 Å². The molecule has 3 rings (SSSR count). The molecular weight excluding hydrogens is 342 g/mol. The number of fused-ring (bicyclic) bond motifs is 1. The fourth-order valence-electron chi connectivity index (χ4n) is 2.97. The van der Waals surface area contributed by atoms with Gasteiger partial charge in [-0.2, -0.15) is 0 Å². The van der Waals surface area contributed by atoms with Crippen LogP contribution in [0.3, 0.4) is 0 Å². The predicted molar refractivity (Wildman–Crippen MR) is 105 cm³/mol. The Hall–Kier alpha value is -2.69. The molecule has 0 spiro atoms. The van der Waals surface area contributed by atoms with Gasteiger partial charge in [0.15, 0.2) is 11.5 Å². The highest BCUT2D eigenvalue weighted by atomic mass is 16.6. The molecule has 1 aliphatic heterocycles. The van der Waals surface area contributed by atoms with Crippen molar-refractivity contribution in [1.82, 2.24) is 5.32 Å². The first-order chi connectivity index (χ1) is 13.2. The zero-order valence-electron chi connectivity index (χ0n) is 15.8. The van der Waals surface area contributed by atoms with Gasteiger partial charge in [0.1, 0.15) is 25.6 Å². The molecule has 5 nitrogen and oxygen atoms in total. The maximum atomic E-state index is 11.9. The molecule has 0 aromatic heterocycles. The van der Waals surface area contributed by atoms with Gasteiger partial charge >= 0.3 is 0 Å². The lowest BCUT2D eigenvalue weighted by Gasteiger charge is -2.18. The molecule has 0 bridgehead atoms. The molecule has 0 fully saturated rings. The normalized spacial score (nSPS) is 12.5. The van der Waals surface area contributed by atoms with Gasteiger partial charge in [0.2, 0.25) is 5.91 Å². The molecule has 2 aromatic rings. The molecule has 1 N–H and O–H groups in total. The summed E-state index contributed by atoms with van der Waals surface area (Å²) in [5, 5.41) is 2.90.